The van der Waals surface area contributed by atoms with Crippen LogP contribution < -0.4 is 10.6 Å². The third-order valence-corrected chi connectivity index (χ3v) is 3.16. The van der Waals surface area contributed by atoms with Gasteiger partial charge in [-0.15, -0.1) is 0 Å². The van der Waals surface area contributed by atoms with E-state index in [-0.39, 0.29) is 18.2 Å². The molecular formula is C13H19N5O3. The average Bonchev–Trinajstić information content (AvgIpc) is 2.49. The lowest BCUT2D eigenvalue weighted by atomic mass is 10.1. The van der Waals surface area contributed by atoms with E-state index in [4.69, 9.17) is 4.74 Å². The molecule has 2 heterocycles. The van der Waals surface area contributed by atoms with Crippen LogP contribution in [-0.4, -0.2) is 52.7 Å². The molecule has 0 radical (unpaired) electrons. The van der Waals surface area contributed by atoms with Gasteiger partial charge in [0, 0.05) is 31.5 Å². The van der Waals surface area contributed by atoms with Crippen LogP contribution in [0.2, 0.25) is 0 Å². The molecule has 1 saturated heterocycles. The van der Waals surface area contributed by atoms with Crippen LogP contribution in [0.25, 0.3) is 0 Å². The van der Waals surface area contributed by atoms with Crippen molar-refractivity contribution in [3.63, 3.8) is 0 Å². The average molecular weight is 293 g/mol. The molecule has 0 spiro atoms. The molecule has 3 amide bonds. The van der Waals surface area contributed by atoms with Gasteiger partial charge >= 0.3 is 12.1 Å². The van der Waals surface area contributed by atoms with Crippen molar-refractivity contribution >= 4 is 17.9 Å². The van der Waals surface area contributed by atoms with Gasteiger partial charge in [0.25, 0.3) is 0 Å². The zero-order chi connectivity index (χ0) is 15.1. The lowest BCUT2D eigenvalue weighted by Gasteiger charge is -2.31. The molecule has 0 aliphatic carbocycles. The van der Waals surface area contributed by atoms with Gasteiger partial charge in [0.05, 0.1) is 12.8 Å². The monoisotopic (exact) mass is 293 g/mol. The number of likely N-dealkylation sites (tertiary alicyclic amines) is 1. The van der Waals surface area contributed by atoms with E-state index < -0.39 is 0 Å². The minimum absolute atomic E-state index is 0.0346. The van der Waals surface area contributed by atoms with Crippen LogP contribution in [0, 0.1) is 0 Å². The molecule has 114 valence electrons. The van der Waals surface area contributed by atoms with Crippen molar-refractivity contribution in [2.24, 2.45) is 0 Å². The van der Waals surface area contributed by atoms with Crippen LogP contribution in [0.1, 0.15) is 19.8 Å². The highest BCUT2D eigenvalue weighted by Gasteiger charge is 2.24. The molecule has 8 nitrogen and oxygen atoms in total. The minimum atomic E-state index is -0.315. The number of ether oxygens (including phenoxy) is 1. The fraction of sp³-hybridized carbons (Fsp3) is 0.538. The molecule has 0 atom stereocenters. The van der Waals surface area contributed by atoms with Crippen LogP contribution in [-0.2, 0) is 4.74 Å². The number of piperidine rings is 1. The summed E-state index contributed by atoms with van der Waals surface area (Å²) in [5.74, 6) is 0.402. The van der Waals surface area contributed by atoms with Gasteiger partial charge in [0.2, 0.25) is 0 Å². The normalized spacial score (nSPS) is 15.4. The second kappa shape index (κ2) is 7.41. The van der Waals surface area contributed by atoms with Gasteiger partial charge < -0.3 is 15.0 Å². The van der Waals surface area contributed by atoms with Gasteiger partial charge in [-0.05, 0) is 19.8 Å². The van der Waals surface area contributed by atoms with Crippen molar-refractivity contribution < 1.29 is 14.3 Å². The number of carbonyl (C=O) groups excluding carboxylic acids is 2. The molecule has 1 aromatic heterocycles. The van der Waals surface area contributed by atoms with E-state index in [0.29, 0.717) is 38.4 Å². The molecule has 0 unspecified atom stereocenters. The molecule has 1 aliphatic heterocycles. The van der Waals surface area contributed by atoms with E-state index in [9.17, 15) is 9.59 Å². The van der Waals surface area contributed by atoms with Gasteiger partial charge in [0.1, 0.15) is 0 Å². The van der Waals surface area contributed by atoms with Crippen LogP contribution >= 0.6 is 0 Å². The summed E-state index contributed by atoms with van der Waals surface area (Å²) in [5.41, 5.74) is 0. The Bertz CT molecular complexity index is 474. The molecule has 0 aromatic carbocycles. The summed E-state index contributed by atoms with van der Waals surface area (Å²) in [7, 11) is 0. The lowest BCUT2D eigenvalue weighted by Crippen LogP contribution is -2.47. The molecule has 1 aromatic rings. The van der Waals surface area contributed by atoms with E-state index in [2.05, 4.69) is 20.6 Å². The maximum Gasteiger partial charge on any atom is 0.409 e. The van der Waals surface area contributed by atoms with Crippen molar-refractivity contribution in [1.29, 1.82) is 0 Å². The highest BCUT2D eigenvalue weighted by Crippen LogP contribution is 2.11. The summed E-state index contributed by atoms with van der Waals surface area (Å²) in [6, 6.07) is -0.280. The van der Waals surface area contributed by atoms with Gasteiger partial charge in [-0.1, -0.05) is 0 Å². The van der Waals surface area contributed by atoms with Crippen molar-refractivity contribution in [3.05, 3.63) is 18.6 Å². The van der Waals surface area contributed by atoms with E-state index in [0.717, 1.165) is 0 Å². The van der Waals surface area contributed by atoms with Gasteiger partial charge in [-0.2, -0.15) is 0 Å². The smallest absolute Gasteiger partial charge is 0.409 e. The van der Waals surface area contributed by atoms with Crippen LogP contribution in [0.4, 0.5) is 15.4 Å². The molecule has 21 heavy (non-hydrogen) atoms. The maximum absolute atomic E-state index is 11.8. The summed E-state index contributed by atoms with van der Waals surface area (Å²) < 4.78 is 4.95. The Kier molecular flexibility index (Phi) is 5.30. The molecule has 8 heteroatoms. The third kappa shape index (κ3) is 4.59. The molecule has 0 saturated carbocycles. The minimum Gasteiger partial charge on any atom is -0.450 e. The summed E-state index contributed by atoms with van der Waals surface area (Å²) in [5, 5.41) is 5.48. The van der Waals surface area contributed by atoms with Crippen molar-refractivity contribution in [2.45, 2.75) is 25.8 Å². The number of urea groups is 1. The van der Waals surface area contributed by atoms with Crippen LogP contribution in [0.5, 0.6) is 0 Å². The summed E-state index contributed by atoms with van der Waals surface area (Å²) in [4.78, 5) is 32.8. The van der Waals surface area contributed by atoms with Crippen molar-refractivity contribution in [3.8, 4) is 0 Å². The number of hydrogen-bond acceptors (Lipinski definition) is 5. The Hall–Kier alpha value is -2.38. The topological polar surface area (TPSA) is 96.5 Å². The number of aromatic nitrogens is 2. The van der Waals surface area contributed by atoms with E-state index >= 15 is 0 Å². The number of nitrogens with zero attached hydrogens (tertiary/aromatic N) is 3. The Morgan fingerprint density at radius 1 is 1.38 bits per heavy atom. The van der Waals surface area contributed by atoms with Crippen molar-refractivity contribution in [1.82, 2.24) is 20.2 Å². The Labute approximate surface area is 122 Å². The van der Waals surface area contributed by atoms with Gasteiger partial charge in [0.15, 0.2) is 5.82 Å². The standard InChI is InChI=1S/C13H19N5O3/c1-2-21-13(20)18-7-3-10(4-8-18)16-12(19)17-11-9-14-5-6-15-11/h5-6,9-10H,2-4,7-8H2,1H3,(H2,15,16,17,19). The van der Waals surface area contributed by atoms with Crippen LogP contribution in [0.15, 0.2) is 18.6 Å². The summed E-state index contributed by atoms with van der Waals surface area (Å²) in [6.07, 6.45) is 5.63. The summed E-state index contributed by atoms with van der Waals surface area (Å²) in [6.45, 7) is 3.31. The zero-order valence-electron chi connectivity index (χ0n) is 11.9. The first-order valence-electron chi connectivity index (χ1n) is 6.94. The van der Waals surface area contributed by atoms with E-state index in [1.165, 1.54) is 18.6 Å². The number of amides is 3. The predicted octanol–water partition coefficient (Wildman–Crippen LogP) is 1.22. The van der Waals surface area contributed by atoms with Gasteiger partial charge in [-0.25, -0.2) is 14.6 Å². The Morgan fingerprint density at radius 3 is 2.76 bits per heavy atom. The first-order valence-corrected chi connectivity index (χ1v) is 6.94. The maximum atomic E-state index is 11.8. The van der Waals surface area contributed by atoms with Crippen molar-refractivity contribution in [2.75, 3.05) is 25.0 Å². The molecule has 1 fully saturated rings. The number of carbonyl (C=O) groups is 2. The molecule has 0 bridgehead atoms. The molecule has 1 aliphatic rings. The fourth-order valence-corrected chi connectivity index (χ4v) is 2.12. The van der Waals surface area contributed by atoms with Crippen LogP contribution in [0.3, 0.4) is 0 Å². The largest absolute Gasteiger partial charge is 0.450 e. The number of anilines is 1. The molecular weight excluding hydrogens is 274 g/mol. The highest BCUT2D eigenvalue weighted by atomic mass is 16.6. The SMILES string of the molecule is CCOC(=O)N1CCC(NC(=O)Nc2cnccn2)CC1. The Balaban J connectivity index is 1.73. The third-order valence-electron chi connectivity index (χ3n) is 3.16. The second-order valence-electron chi connectivity index (χ2n) is 4.65. The Morgan fingerprint density at radius 2 is 2.14 bits per heavy atom. The predicted molar refractivity (Wildman–Crippen MR) is 75.8 cm³/mol. The molecule has 2 N–H and O–H groups in total. The second-order valence-corrected chi connectivity index (χ2v) is 4.65. The van der Waals surface area contributed by atoms with E-state index in [1.807, 2.05) is 0 Å². The number of nitrogens with one attached hydrogen (secondary N) is 2. The summed E-state index contributed by atoms with van der Waals surface area (Å²) >= 11 is 0. The highest BCUT2D eigenvalue weighted by molar-refractivity contribution is 5.88. The lowest BCUT2D eigenvalue weighted by molar-refractivity contribution is 0.0959. The zero-order valence-corrected chi connectivity index (χ0v) is 11.9. The van der Waals surface area contributed by atoms with Gasteiger partial charge in [-0.3, -0.25) is 10.3 Å². The number of rotatable bonds is 3. The fourth-order valence-electron chi connectivity index (χ4n) is 2.12. The quantitative estimate of drug-likeness (QED) is 0.873. The first kappa shape index (κ1) is 15.0. The van der Waals surface area contributed by atoms with E-state index in [1.54, 1.807) is 11.8 Å². The first-order chi connectivity index (χ1) is 10.2. The number of hydrogen-bond donors (Lipinski definition) is 2. The molecule has 2 rings (SSSR count).